The van der Waals surface area contributed by atoms with E-state index in [9.17, 15) is 0 Å². The molecule has 2 N–H and O–H groups in total. The monoisotopic (exact) mass is 314 g/mol. The standard InChI is InChI=1S/C16H27ClN2S/c1-4-13(18)16(14-5-6-15(17)20-14)19-9-7-12(8-10-19)11(2)3/h5-6,11-13,16H,4,7-10,18H2,1-3H3. The van der Waals surface area contributed by atoms with Gasteiger partial charge in [0.15, 0.2) is 0 Å². The van der Waals surface area contributed by atoms with Crippen molar-refractivity contribution in [2.75, 3.05) is 13.1 Å². The second-order valence-electron chi connectivity index (χ2n) is 6.28. The summed E-state index contributed by atoms with van der Waals surface area (Å²) in [5.74, 6) is 1.67. The second kappa shape index (κ2) is 7.26. The molecule has 2 nitrogen and oxygen atoms in total. The summed E-state index contributed by atoms with van der Waals surface area (Å²) in [6.45, 7) is 9.18. The number of halogens is 1. The van der Waals surface area contributed by atoms with E-state index in [-0.39, 0.29) is 6.04 Å². The highest BCUT2D eigenvalue weighted by Gasteiger charge is 2.31. The van der Waals surface area contributed by atoms with E-state index in [4.69, 9.17) is 17.3 Å². The van der Waals surface area contributed by atoms with Gasteiger partial charge in [0, 0.05) is 10.9 Å². The third kappa shape index (κ3) is 3.76. The summed E-state index contributed by atoms with van der Waals surface area (Å²) < 4.78 is 0.866. The molecular weight excluding hydrogens is 288 g/mol. The van der Waals surface area contributed by atoms with Crippen molar-refractivity contribution in [3.63, 3.8) is 0 Å². The van der Waals surface area contributed by atoms with Crippen LogP contribution in [-0.4, -0.2) is 24.0 Å². The van der Waals surface area contributed by atoms with Crippen molar-refractivity contribution in [2.24, 2.45) is 17.6 Å². The van der Waals surface area contributed by atoms with Crippen LogP contribution in [0.25, 0.3) is 0 Å². The lowest BCUT2D eigenvalue weighted by molar-refractivity contribution is 0.101. The van der Waals surface area contributed by atoms with Crippen LogP contribution in [0.5, 0.6) is 0 Å². The normalized spacial score (nSPS) is 21.3. The molecule has 0 aliphatic carbocycles. The van der Waals surface area contributed by atoms with Crippen molar-refractivity contribution >= 4 is 22.9 Å². The molecule has 0 amide bonds. The molecule has 0 saturated carbocycles. The Labute approximate surface area is 132 Å². The molecule has 1 aliphatic heterocycles. The van der Waals surface area contributed by atoms with Gasteiger partial charge in [-0.15, -0.1) is 11.3 Å². The van der Waals surface area contributed by atoms with Crippen LogP contribution in [0.2, 0.25) is 4.34 Å². The third-order valence-electron chi connectivity index (χ3n) is 4.67. The number of nitrogens with zero attached hydrogens (tertiary/aromatic N) is 1. The average molecular weight is 315 g/mol. The number of likely N-dealkylation sites (tertiary alicyclic amines) is 1. The first-order valence-corrected chi connectivity index (χ1v) is 8.97. The summed E-state index contributed by atoms with van der Waals surface area (Å²) in [6, 6.07) is 4.69. The Morgan fingerprint density at radius 2 is 2.00 bits per heavy atom. The summed E-state index contributed by atoms with van der Waals surface area (Å²) in [4.78, 5) is 3.90. The van der Waals surface area contributed by atoms with Gasteiger partial charge in [0.2, 0.25) is 0 Å². The van der Waals surface area contributed by atoms with Gasteiger partial charge in [-0.2, -0.15) is 0 Å². The van der Waals surface area contributed by atoms with Gasteiger partial charge in [-0.3, -0.25) is 4.90 Å². The molecule has 1 aromatic rings. The summed E-state index contributed by atoms with van der Waals surface area (Å²) in [5, 5.41) is 0. The number of thiophene rings is 1. The zero-order valence-electron chi connectivity index (χ0n) is 12.8. The molecule has 2 atom stereocenters. The van der Waals surface area contributed by atoms with E-state index >= 15 is 0 Å². The average Bonchev–Trinajstić information content (AvgIpc) is 2.85. The number of hydrogen-bond acceptors (Lipinski definition) is 3. The lowest BCUT2D eigenvalue weighted by Gasteiger charge is -2.40. The molecule has 2 rings (SSSR count). The van der Waals surface area contributed by atoms with Gasteiger partial charge >= 0.3 is 0 Å². The first-order chi connectivity index (χ1) is 9.52. The second-order valence-corrected chi connectivity index (χ2v) is 8.02. The molecule has 0 radical (unpaired) electrons. The van der Waals surface area contributed by atoms with Crippen molar-refractivity contribution in [2.45, 2.75) is 52.1 Å². The molecule has 0 aromatic carbocycles. The van der Waals surface area contributed by atoms with Crippen LogP contribution in [0.3, 0.4) is 0 Å². The Morgan fingerprint density at radius 3 is 2.45 bits per heavy atom. The maximum absolute atomic E-state index is 6.41. The molecule has 1 aromatic heterocycles. The van der Waals surface area contributed by atoms with Crippen LogP contribution in [0.1, 0.15) is 51.0 Å². The van der Waals surface area contributed by atoms with Crippen molar-refractivity contribution in [3.05, 3.63) is 21.3 Å². The van der Waals surface area contributed by atoms with Gasteiger partial charge < -0.3 is 5.73 Å². The Hall–Kier alpha value is -0.0900. The van der Waals surface area contributed by atoms with E-state index in [1.165, 1.54) is 17.7 Å². The van der Waals surface area contributed by atoms with Crippen molar-refractivity contribution in [1.82, 2.24) is 4.90 Å². The fourth-order valence-electron chi connectivity index (χ4n) is 3.24. The van der Waals surface area contributed by atoms with Gasteiger partial charge in [0.1, 0.15) is 0 Å². The fourth-order valence-corrected chi connectivity index (χ4v) is 4.51. The zero-order valence-corrected chi connectivity index (χ0v) is 14.4. The van der Waals surface area contributed by atoms with Crippen LogP contribution < -0.4 is 5.73 Å². The van der Waals surface area contributed by atoms with E-state index in [2.05, 4.69) is 31.7 Å². The predicted octanol–water partition coefficient (Wildman–Crippen LogP) is 4.55. The fraction of sp³-hybridized carbons (Fsp3) is 0.750. The van der Waals surface area contributed by atoms with E-state index < -0.39 is 0 Å². The number of hydrogen-bond donors (Lipinski definition) is 1. The van der Waals surface area contributed by atoms with Crippen LogP contribution in [0, 0.1) is 11.8 Å². The molecule has 2 unspecified atom stereocenters. The first-order valence-electron chi connectivity index (χ1n) is 7.77. The lowest BCUT2D eigenvalue weighted by atomic mass is 9.85. The Balaban J connectivity index is 2.09. The maximum Gasteiger partial charge on any atom is 0.0931 e. The number of nitrogens with two attached hydrogens (primary N) is 1. The van der Waals surface area contributed by atoms with Gasteiger partial charge in [-0.1, -0.05) is 32.4 Å². The van der Waals surface area contributed by atoms with Gasteiger partial charge in [0.25, 0.3) is 0 Å². The minimum absolute atomic E-state index is 0.195. The Kier molecular flexibility index (Phi) is 5.91. The predicted molar refractivity (Wildman–Crippen MR) is 89.5 cm³/mol. The van der Waals surface area contributed by atoms with Crippen LogP contribution in [0.4, 0.5) is 0 Å². The summed E-state index contributed by atoms with van der Waals surface area (Å²) in [6.07, 6.45) is 3.59. The van der Waals surface area contributed by atoms with Crippen molar-refractivity contribution < 1.29 is 0 Å². The minimum atomic E-state index is 0.195. The van der Waals surface area contributed by atoms with E-state index in [0.29, 0.717) is 6.04 Å². The SMILES string of the molecule is CCC(N)C(c1ccc(Cl)s1)N1CCC(C(C)C)CC1. The van der Waals surface area contributed by atoms with Gasteiger partial charge in [0.05, 0.1) is 10.4 Å². The highest BCUT2D eigenvalue weighted by atomic mass is 35.5. The first kappa shape index (κ1) is 16.3. The maximum atomic E-state index is 6.41. The van der Waals surface area contributed by atoms with Gasteiger partial charge in [-0.05, 0) is 56.3 Å². The smallest absolute Gasteiger partial charge is 0.0931 e. The molecule has 20 heavy (non-hydrogen) atoms. The Bertz CT molecular complexity index is 410. The molecule has 0 spiro atoms. The number of piperidine rings is 1. The summed E-state index contributed by atoms with van der Waals surface area (Å²) in [5.41, 5.74) is 6.41. The minimum Gasteiger partial charge on any atom is -0.326 e. The lowest BCUT2D eigenvalue weighted by Crippen LogP contribution is -2.44. The zero-order chi connectivity index (χ0) is 14.7. The summed E-state index contributed by atoms with van der Waals surface area (Å²) in [7, 11) is 0. The molecule has 114 valence electrons. The van der Waals surface area contributed by atoms with Crippen LogP contribution in [0.15, 0.2) is 12.1 Å². The van der Waals surface area contributed by atoms with Gasteiger partial charge in [-0.25, -0.2) is 0 Å². The molecule has 2 heterocycles. The number of rotatable bonds is 5. The van der Waals surface area contributed by atoms with Crippen molar-refractivity contribution in [1.29, 1.82) is 0 Å². The third-order valence-corrected chi connectivity index (χ3v) is 5.97. The Morgan fingerprint density at radius 1 is 1.35 bits per heavy atom. The molecule has 1 saturated heterocycles. The highest BCUT2D eigenvalue weighted by molar-refractivity contribution is 7.16. The van der Waals surface area contributed by atoms with E-state index in [1.54, 1.807) is 11.3 Å². The molecule has 4 heteroatoms. The largest absolute Gasteiger partial charge is 0.326 e. The topological polar surface area (TPSA) is 29.3 Å². The molecule has 1 fully saturated rings. The highest BCUT2D eigenvalue weighted by Crippen LogP contribution is 2.36. The van der Waals surface area contributed by atoms with E-state index in [1.807, 2.05) is 6.07 Å². The molecule has 0 bridgehead atoms. The summed E-state index contributed by atoms with van der Waals surface area (Å²) >= 11 is 7.80. The quantitative estimate of drug-likeness (QED) is 0.864. The molecular formula is C16H27ClN2S. The van der Waals surface area contributed by atoms with Crippen LogP contribution in [-0.2, 0) is 0 Å². The molecule has 1 aliphatic rings. The van der Waals surface area contributed by atoms with Crippen molar-refractivity contribution in [3.8, 4) is 0 Å². The van der Waals surface area contributed by atoms with E-state index in [0.717, 1.165) is 35.7 Å². The van der Waals surface area contributed by atoms with Crippen LogP contribution >= 0.6 is 22.9 Å².